The van der Waals surface area contributed by atoms with E-state index in [1.54, 1.807) is 4.90 Å². The molecule has 1 N–H and O–H groups in total. The van der Waals surface area contributed by atoms with E-state index in [2.05, 4.69) is 70.6 Å². The minimum absolute atomic E-state index is 0.00370. The Hall–Kier alpha value is -4.25. The van der Waals surface area contributed by atoms with Gasteiger partial charge in [-0.15, -0.1) is 30.9 Å². The van der Waals surface area contributed by atoms with E-state index in [-0.39, 0.29) is 23.6 Å². The Morgan fingerprint density at radius 3 is 2.49 bits per heavy atom. The molecule has 1 fully saturated rings. The zero-order chi connectivity index (χ0) is 33.7. The average molecular weight is 679 g/mol. The van der Waals surface area contributed by atoms with Crippen LogP contribution < -0.4 is 15.0 Å². The number of nitrogens with zero attached hydrogens (tertiary/aromatic N) is 5. The number of amides is 1. The number of anilines is 1. The van der Waals surface area contributed by atoms with Crippen LogP contribution in [-0.2, 0) is 4.79 Å². The molecular weight excluding hydrogens is 646 g/mol. The van der Waals surface area contributed by atoms with Gasteiger partial charge in [-0.1, -0.05) is 49.6 Å². The SMILES string of the molecule is Cc1ccc(C(C)C)c(N2C(=O)CSC2=NC(S)NC(C)CC#Cc2ccc(-c3ncn(-c4ccc(OC(F)(F)F)cc4)n3)cc2)c1. The van der Waals surface area contributed by atoms with E-state index < -0.39 is 11.9 Å². The molecule has 47 heavy (non-hydrogen) atoms. The number of aromatic nitrogens is 3. The zero-order valence-electron chi connectivity index (χ0n) is 26.1. The van der Waals surface area contributed by atoms with E-state index >= 15 is 0 Å². The van der Waals surface area contributed by atoms with E-state index in [0.717, 1.165) is 27.9 Å². The highest BCUT2D eigenvalue weighted by Gasteiger charge is 2.32. The lowest BCUT2D eigenvalue weighted by Crippen LogP contribution is -2.35. The molecule has 2 unspecified atom stereocenters. The van der Waals surface area contributed by atoms with E-state index in [0.29, 0.717) is 28.9 Å². The molecule has 1 amide bonds. The maximum Gasteiger partial charge on any atom is 0.573 e. The lowest BCUT2D eigenvalue weighted by atomic mass is 9.99. The maximum atomic E-state index is 12.9. The Morgan fingerprint density at radius 2 is 1.81 bits per heavy atom. The second-order valence-corrected chi connectivity index (χ2v) is 12.7. The predicted octanol–water partition coefficient (Wildman–Crippen LogP) is 7.33. The van der Waals surface area contributed by atoms with Crippen LogP contribution in [0.3, 0.4) is 0 Å². The van der Waals surface area contributed by atoms with Crippen molar-refractivity contribution in [2.45, 2.75) is 57.9 Å². The number of alkyl halides is 3. The molecule has 0 aliphatic carbocycles. The Balaban J connectivity index is 1.17. The number of rotatable bonds is 9. The minimum Gasteiger partial charge on any atom is -0.406 e. The Bertz CT molecular complexity index is 1810. The summed E-state index contributed by atoms with van der Waals surface area (Å²) in [6.07, 6.45) is -2.71. The van der Waals surface area contributed by atoms with Gasteiger partial charge in [0.05, 0.1) is 17.1 Å². The molecule has 8 nitrogen and oxygen atoms in total. The molecule has 4 aromatic rings. The van der Waals surface area contributed by atoms with E-state index in [1.165, 1.54) is 47.0 Å². The van der Waals surface area contributed by atoms with E-state index in [9.17, 15) is 18.0 Å². The summed E-state index contributed by atoms with van der Waals surface area (Å²) in [5.41, 5.74) is 4.65. The predicted molar refractivity (Wildman–Crippen MR) is 183 cm³/mol. The first-order valence-electron chi connectivity index (χ1n) is 14.8. The standard InChI is InChI=1S/C34H33F3N6O2S2/c1-21(2)28-17-8-22(3)18-29(28)43-30(44)19-47-33(43)40-32(46)39-23(4)6-5-7-24-9-11-25(12-10-24)31-38-20-42(41-31)26-13-15-27(16-14-26)45-34(35,36)37/h8-18,20-21,23,32,39,46H,6,19H2,1-4H3. The highest BCUT2D eigenvalue weighted by atomic mass is 32.2. The molecule has 1 aromatic heterocycles. The van der Waals surface area contributed by atoms with Crippen molar-refractivity contribution in [2.75, 3.05) is 10.7 Å². The Kier molecular flexibility index (Phi) is 10.6. The van der Waals surface area contributed by atoms with Gasteiger partial charge in [-0.3, -0.25) is 15.0 Å². The first kappa shape index (κ1) is 34.1. The molecule has 244 valence electrons. The number of carbonyl (C=O) groups excluding carboxylic acids is 1. The topological polar surface area (TPSA) is 84.6 Å². The van der Waals surface area contributed by atoms with Crippen LogP contribution in [0, 0.1) is 18.8 Å². The lowest BCUT2D eigenvalue weighted by Gasteiger charge is -2.23. The van der Waals surface area contributed by atoms with Gasteiger partial charge in [0.1, 0.15) is 17.6 Å². The van der Waals surface area contributed by atoms with E-state index in [4.69, 9.17) is 4.99 Å². The van der Waals surface area contributed by atoms with Crippen LogP contribution in [0.25, 0.3) is 17.1 Å². The number of nitrogens with one attached hydrogen (secondary N) is 1. The second-order valence-electron chi connectivity index (χ2n) is 11.2. The summed E-state index contributed by atoms with van der Waals surface area (Å²) in [5, 5.41) is 8.39. The number of amidine groups is 1. The summed E-state index contributed by atoms with van der Waals surface area (Å²) < 4.78 is 42.6. The number of halogens is 3. The quantitative estimate of drug-likeness (QED) is 0.110. The fourth-order valence-corrected chi connectivity index (χ4v) is 6.15. The molecule has 3 aromatic carbocycles. The summed E-state index contributed by atoms with van der Waals surface area (Å²) in [6.45, 7) is 8.24. The second kappa shape index (κ2) is 14.7. The van der Waals surface area contributed by atoms with Gasteiger partial charge in [-0.25, -0.2) is 14.7 Å². The molecule has 2 heterocycles. The molecule has 0 saturated carbocycles. The largest absolute Gasteiger partial charge is 0.573 e. The van der Waals surface area contributed by atoms with Crippen molar-refractivity contribution < 1.29 is 22.7 Å². The van der Waals surface area contributed by atoms with Gasteiger partial charge in [-0.2, -0.15) is 0 Å². The maximum absolute atomic E-state index is 12.9. The van der Waals surface area contributed by atoms with Gasteiger partial charge in [0.15, 0.2) is 11.0 Å². The third kappa shape index (κ3) is 8.97. The molecule has 0 spiro atoms. The number of hydrogen-bond donors (Lipinski definition) is 2. The van der Waals surface area contributed by atoms with Gasteiger partial charge in [0.2, 0.25) is 5.91 Å². The number of benzene rings is 3. The molecule has 0 bridgehead atoms. The number of carbonyl (C=O) groups is 1. The zero-order valence-corrected chi connectivity index (χ0v) is 27.8. The molecular formula is C34H33F3N6O2S2. The first-order valence-corrected chi connectivity index (χ1v) is 16.3. The van der Waals surface area contributed by atoms with Gasteiger partial charge in [0.25, 0.3) is 0 Å². The fourth-order valence-electron chi connectivity index (χ4n) is 4.81. The Morgan fingerprint density at radius 1 is 1.09 bits per heavy atom. The minimum atomic E-state index is -4.75. The van der Waals surface area contributed by atoms with Gasteiger partial charge in [-0.05, 0) is 85.5 Å². The van der Waals surface area contributed by atoms with Gasteiger partial charge >= 0.3 is 6.36 Å². The molecule has 2 atom stereocenters. The van der Waals surface area contributed by atoms with Crippen molar-refractivity contribution in [3.8, 4) is 34.7 Å². The van der Waals surface area contributed by atoms with E-state index in [1.807, 2.05) is 44.2 Å². The number of ether oxygens (including phenoxy) is 1. The normalized spacial score (nSPS) is 15.6. The molecule has 5 rings (SSSR count). The van der Waals surface area contributed by atoms with Crippen molar-refractivity contribution in [3.63, 3.8) is 0 Å². The van der Waals surface area contributed by atoms with Crippen LogP contribution in [0.5, 0.6) is 5.75 Å². The summed E-state index contributed by atoms with van der Waals surface area (Å²) in [4.78, 5) is 23.6. The monoisotopic (exact) mass is 678 g/mol. The first-order chi connectivity index (χ1) is 22.4. The number of thiol groups is 1. The number of aryl methyl sites for hydroxylation is 1. The van der Waals surface area contributed by atoms with Crippen LogP contribution in [0.15, 0.2) is 78.0 Å². The summed E-state index contributed by atoms with van der Waals surface area (Å²) in [7, 11) is 0. The van der Waals surface area contributed by atoms with Crippen LogP contribution in [0.1, 0.15) is 49.8 Å². The van der Waals surface area contributed by atoms with Crippen molar-refractivity contribution >= 4 is 41.2 Å². The van der Waals surface area contributed by atoms with Crippen molar-refractivity contribution in [3.05, 3.63) is 89.7 Å². The molecule has 1 aliphatic rings. The molecule has 1 aliphatic heterocycles. The summed E-state index contributed by atoms with van der Waals surface area (Å²) >= 11 is 6.05. The van der Waals surface area contributed by atoms with Crippen LogP contribution >= 0.6 is 24.4 Å². The van der Waals surface area contributed by atoms with Gasteiger partial charge < -0.3 is 4.74 Å². The van der Waals surface area contributed by atoms with Crippen molar-refractivity contribution in [2.24, 2.45) is 4.99 Å². The lowest BCUT2D eigenvalue weighted by molar-refractivity contribution is -0.274. The highest BCUT2D eigenvalue weighted by Crippen LogP contribution is 2.34. The van der Waals surface area contributed by atoms with Gasteiger partial charge in [0, 0.05) is 23.6 Å². The third-order valence-electron chi connectivity index (χ3n) is 7.09. The number of aliphatic imine (C=N–C) groups is 1. The van der Waals surface area contributed by atoms with Crippen molar-refractivity contribution in [1.29, 1.82) is 0 Å². The number of hydrogen-bond acceptors (Lipinski definition) is 8. The summed E-state index contributed by atoms with van der Waals surface area (Å²) in [6, 6.07) is 19.0. The average Bonchev–Trinajstić information content (AvgIpc) is 3.64. The molecule has 0 radical (unpaired) electrons. The van der Waals surface area contributed by atoms with Crippen LogP contribution in [0.2, 0.25) is 0 Å². The van der Waals surface area contributed by atoms with Crippen molar-refractivity contribution in [1.82, 2.24) is 20.1 Å². The highest BCUT2D eigenvalue weighted by molar-refractivity contribution is 8.15. The molecule has 1 saturated heterocycles. The Labute approximate surface area is 281 Å². The third-order valence-corrected chi connectivity index (χ3v) is 8.29. The fraction of sp³-hybridized carbons (Fsp3) is 0.294. The summed E-state index contributed by atoms with van der Waals surface area (Å²) in [5.74, 6) is 7.10. The molecule has 13 heteroatoms. The number of thioether (sulfide) groups is 1. The smallest absolute Gasteiger partial charge is 0.406 e. The van der Waals surface area contributed by atoms with Crippen LogP contribution in [0.4, 0.5) is 18.9 Å². The van der Waals surface area contributed by atoms with Crippen LogP contribution in [-0.4, -0.2) is 49.5 Å².